The molecule has 4 heterocycles. The van der Waals surface area contributed by atoms with Gasteiger partial charge in [-0.3, -0.25) is 4.79 Å². The summed E-state index contributed by atoms with van der Waals surface area (Å²) >= 11 is 0. The highest BCUT2D eigenvalue weighted by molar-refractivity contribution is 5.81. The van der Waals surface area contributed by atoms with Crippen LogP contribution in [0.2, 0.25) is 0 Å². The number of alkyl halides is 1. The van der Waals surface area contributed by atoms with Gasteiger partial charge in [0.15, 0.2) is 5.82 Å². The maximum absolute atomic E-state index is 13.2. The van der Waals surface area contributed by atoms with E-state index in [2.05, 4.69) is 45.8 Å². The third-order valence-corrected chi connectivity index (χ3v) is 6.33. The maximum atomic E-state index is 13.2. The molecule has 2 fully saturated rings. The van der Waals surface area contributed by atoms with Crippen LogP contribution >= 0.6 is 0 Å². The monoisotopic (exact) mass is 354 g/mol. The number of carbonyl (C=O) groups is 1. The number of pyridine rings is 1. The zero-order chi connectivity index (χ0) is 17.9. The summed E-state index contributed by atoms with van der Waals surface area (Å²) in [5.74, 6) is 0.950. The first kappa shape index (κ1) is 15.9. The lowest BCUT2D eigenvalue weighted by molar-refractivity contribution is -0.139. The lowest BCUT2D eigenvalue weighted by atomic mass is 9.82. The summed E-state index contributed by atoms with van der Waals surface area (Å²) < 4.78 is 15.4. The van der Waals surface area contributed by atoms with Crippen LogP contribution in [0.15, 0.2) is 36.7 Å². The van der Waals surface area contributed by atoms with Gasteiger partial charge in [0.05, 0.1) is 16.9 Å². The molecule has 136 valence electrons. The first-order chi connectivity index (χ1) is 12.6. The fourth-order valence-corrected chi connectivity index (χ4v) is 4.99. The number of likely N-dealkylation sites (tertiary alicyclic amines) is 1. The second-order valence-electron chi connectivity index (χ2n) is 7.66. The number of carbonyl (C=O) groups excluding carboxylic acids is 1. The molecule has 2 aliphatic heterocycles. The zero-order valence-corrected chi connectivity index (χ0v) is 14.9. The van der Waals surface area contributed by atoms with Crippen LogP contribution in [-0.4, -0.2) is 46.2 Å². The molecule has 26 heavy (non-hydrogen) atoms. The number of aromatic nitrogens is 2. The average molecular weight is 354 g/mol. The Balaban J connectivity index is 1.53. The predicted molar refractivity (Wildman–Crippen MR) is 97.1 cm³/mol. The van der Waals surface area contributed by atoms with Crippen molar-refractivity contribution in [2.75, 3.05) is 24.5 Å². The summed E-state index contributed by atoms with van der Waals surface area (Å²) in [6, 6.07) is 8.28. The Morgan fingerprint density at radius 1 is 1.35 bits per heavy atom. The molecule has 2 aromatic heterocycles. The maximum Gasteiger partial charge on any atom is 0.225 e. The second-order valence-corrected chi connectivity index (χ2v) is 7.66. The topological polar surface area (TPSA) is 41.4 Å². The van der Waals surface area contributed by atoms with E-state index in [-0.39, 0.29) is 17.4 Å². The van der Waals surface area contributed by atoms with Crippen molar-refractivity contribution in [1.82, 2.24) is 14.5 Å². The highest BCUT2D eigenvalue weighted by Crippen LogP contribution is 2.47. The van der Waals surface area contributed by atoms with Gasteiger partial charge in [0.1, 0.15) is 6.17 Å². The molecule has 2 aromatic rings. The van der Waals surface area contributed by atoms with Crippen LogP contribution in [0.4, 0.5) is 10.1 Å². The molecule has 1 saturated carbocycles. The van der Waals surface area contributed by atoms with Gasteiger partial charge in [0, 0.05) is 37.9 Å². The van der Waals surface area contributed by atoms with Crippen LogP contribution in [0, 0.1) is 5.92 Å². The van der Waals surface area contributed by atoms with Crippen molar-refractivity contribution in [1.29, 1.82) is 0 Å². The van der Waals surface area contributed by atoms with E-state index >= 15 is 0 Å². The van der Waals surface area contributed by atoms with Gasteiger partial charge in [-0.1, -0.05) is 0 Å². The lowest BCUT2D eigenvalue weighted by Crippen LogP contribution is -2.53. The van der Waals surface area contributed by atoms with Crippen molar-refractivity contribution in [3.05, 3.63) is 42.4 Å². The van der Waals surface area contributed by atoms with Gasteiger partial charge in [-0.05, 0) is 50.5 Å². The van der Waals surface area contributed by atoms with E-state index in [0.717, 1.165) is 31.0 Å². The van der Waals surface area contributed by atoms with Gasteiger partial charge in [-0.2, -0.15) is 0 Å². The molecule has 1 atom stereocenters. The van der Waals surface area contributed by atoms with Crippen LogP contribution < -0.4 is 4.90 Å². The fourth-order valence-electron chi connectivity index (χ4n) is 4.99. The Hall–Kier alpha value is -2.37. The standard InChI is InChI=1S/C20H23FN4O/c1-2-25-16-5-3-8-22-18(16)24-9-4-6-17(24)20(25)7-10-23(13-20)19(26)14-11-15(21)12-14/h3-6,8-9,14-15H,2,7,10-13H2,1H3. The van der Waals surface area contributed by atoms with Crippen LogP contribution in [-0.2, 0) is 10.3 Å². The zero-order valence-electron chi connectivity index (χ0n) is 14.9. The van der Waals surface area contributed by atoms with Crippen molar-refractivity contribution in [2.24, 2.45) is 5.92 Å². The largest absolute Gasteiger partial charge is 0.356 e. The summed E-state index contributed by atoms with van der Waals surface area (Å²) in [4.78, 5) is 21.8. The molecule has 0 bridgehead atoms. The van der Waals surface area contributed by atoms with E-state index in [9.17, 15) is 9.18 Å². The minimum atomic E-state index is -0.794. The Kier molecular flexibility index (Phi) is 3.39. The van der Waals surface area contributed by atoms with Gasteiger partial charge < -0.3 is 14.4 Å². The Labute approximate surface area is 152 Å². The summed E-state index contributed by atoms with van der Waals surface area (Å²) in [7, 11) is 0. The fraction of sp³-hybridized carbons (Fsp3) is 0.500. The van der Waals surface area contributed by atoms with Gasteiger partial charge >= 0.3 is 0 Å². The third-order valence-electron chi connectivity index (χ3n) is 6.33. The smallest absolute Gasteiger partial charge is 0.225 e. The van der Waals surface area contributed by atoms with Crippen molar-refractivity contribution in [3.8, 4) is 5.82 Å². The molecular weight excluding hydrogens is 331 g/mol. The molecule has 6 heteroatoms. The summed E-state index contributed by atoms with van der Waals surface area (Å²) in [6.45, 7) is 4.39. The van der Waals surface area contributed by atoms with Crippen LogP contribution in [0.25, 0.3) is 5.82 Å². The molecule has 1 saturated heterocycles. The van der Waals surface area contributed by atoms with Crippen molar-refractivity contribution in [2.45, 2.75) is 37.9 Å². The highest BCUT2D eigenvalue weighted by Gasteiger charge is 2.51. The van der Waals surface area contributed by atoms with E-state index in [4.69, 9.17) is 0 Å². The van der Waals surface area contributed by atoms with Crippen LogP contribution in [0.3, 0.4) is 0 Å². The number of hydrogen-bond acceptors (Lipinski definition) is 3. The first-order valence-corrected chi connectivity index (χ1v) is 9.48. The normalized spacial score (nSPS) is 29.5. The number of hydrogen-bond donors (Lipinski definition) is 0. The van der Waals surface area contributed by atoms with Crippen LogP contribution in [0.5, 0.6) is 0 Å². The summed E-state index contributed by atoms with van der Waals surface area (Å²) in [5, 5.41) is 0. The summed E-state index contributed by atoms with van der Waals surface area (Å²) in [6.07, 6.45) is 4.75. The molecule has 0 aromatic carbocycles. The number of halogens is 1. The number of anilines is 1. The van der Waals surface area contributed by atoms with Gasteiger partial charge in [-0.25, -0.2) is 9.37 Å². The number of fused-ring (bicyclic) bond motifs is 4. The Bertz CT molecular complexity index is 859. The Morgan fingerprint density at radius 3 is 2.96 bits per heavy atom. The van der Waals surface area contributed by atoms with Crippen molar-refractivity contribution >= 4 is 11.6 Å². The third kappa shape index (κ3) is 2.01. The highest BCUT2D eigenvalue weighted by atomic mass is 19.1. The van der Waals surface area contributed by atoms with E-state index < -0.39 is 6.17 Å². The quantitative estimate of drug-likeness (QED) is 0.833. The minimum Gasteiger partial charge on any atom is -0.356 e. The number of likely N-dealkylation sites (N-methyl/N-ethyl adjacent to an activating group) is 1. The first-order valence-electron chi connectivity index (χ1n) is 9.48. The van der Waals surface area contributed by atoms with Crippen LogP contribution in [0.1, 0.15) is 31.9 Å². The lowest BCUT2D eigenvalue weighted by Gasteiger charge is -2.46. The average Bonchev–Trinajstić information content (AvgIpc) is 3.28. The summed E-state index contributed by atoms with van der Waals surface area (Å²) in [5.41, 5.74) is 2.07. The minimum absolute atomic E-state index is 0.125. The second kappa shape index (κ2) is 5.56. The molecule has 5 rings (SSSR count). The number of rotatable bonds is 2. The van der Waals surface area contributed by atoms with E-state index in [1.807, 2.05) is 17.2 Å². The Morgan fingerprint density at radius 2 is 2.19 bits per heavy atom. The van der Waals surface area contributed by atoms with Crippen molar-refractivity contribution in [3.63, 3.8) is 0 Å². The molecule has 0 radical (unpaired) electrons. The molecule has 3 aliphatic rings. The van der Waals surface area contributed by atoms with E-state index in [0.29, 0.717) is 19.4 Å². The number of nitrogens with zero attached hydrogens (tertiary/aromatic N) is 4. The molecule has 1 amide bonds. The van der Waals surface area contributed by atoms with E-state index in [1.54, 1.807) is 0 Å². The van der Waals surface area contributed by atoms with E-state index in [1.165, 1.54) is 5.69 Å². The molecule has 1 spiro atoms. The SMILES string of the molecule is CCN1c2cccnc2-n2cccc2C12CCN(C(=O)C1CC(F)C1)C2. The molecule has 1 unspecified atom stereocenters. The molecule has 5 nitrogen and oxygen atoms in total. The van der Waals surface area contributed by atoms with Gasteiger partial charge in [0.25, 0.3) is 0 Å². The van der Waals surface area contributed by atoms with Gasteiger partial charge in [0.2, 0.25) is 5.91 Å². The van der Waals surface area contributed by atoms with Crippen molar-refractivity contribution < 1.29 is 9.18 Å². The number of amides is 1. The molecule has 1 aliphatic carbocycles. The predicted octanol–water partition coefficient (Wildman–Crippen LogP) is 2.89. The molecular formula is C20H23FN4O. The molecule has 0 N–H and O–H groups in total. The van der Waals surface area contributed by atoms with Gasteiger partial charge in [-0.15, -0.1) is 0 Å².